The summed E-state index contributed by atoms with van der Waals surface area (Å²) in [5.41, 5.74) is 1.10. The predicted molar refractivity (Wildman–Crippen MR) is 70.9 cm³/mol. The molecular weight excluding hydrogens is 216 g/mol. The second-order valence-electron chi connectivity index (χ2n) is 4.21. The second-order valence-corrected chi connectivity index (χ2v) is 5.12. The van der Waals surface area contributed by atoms with E-state index in [1.807, 2.05) is 6.07 Å². The molecule has 1 N–H and O–H groups in total. The summed E-state index contributed by atoms with van der Waals surface area (Å²) < 4.78 is 1.24. The minimum Gasteiger partial charge on any atom is -0.388 e. The van der Waals surface area contributed by atoms with E-state index in [1.54, 1.807) is 11.3 Å². The number of aliphatic hydroxyl groups is 1. The quantitative estimate of drug-likeness (QED) is 0.832. The van der Waals surface area contributed by atoms with E-state index in [2.05, 4.69) is 37.4 Å². The van der Waals surface area contributed by atoms with Gasteiger partial charge in [0.1, 0.15) is 0 Å². The number of benzene rings is 1. The van der Waals surface area contributed by atoms with Crippen molar-refractivity contribution in [3.05, 3.63) is 35.2 Å². The average molecular weight is 234 g/mol. The molecule has 1 heterocycles. The van der Waals surface area contributed by atoms with Crippen LogP contribution in [0.1, 0.15) is 38.4 Å². The molecular formula is C14H18OS. The van der Waals surface area contributed by atoms with Gasteiger partial charge in [-0.3, -0.25) is 0 Å². The maximum absolute atomic E-state index is 10.4. The van der Waals surface area contributed by atoms with Crippen molar-refractivity contribution >= 4 is 21.4 Å². The summed E-state index contributed by atoms with van der Waals surface area (Å²) in [5.74, 6) is 0.368. The molecule has 0 fully saturated rings. The number of thiophene rings is 1. The summed E-state index contributed by atoms with van der Waals surface area (Å²) >= 11 is 1.72. The minimum atomic E-state index is -0.322. The van der Waals surface area contributed by atoms with Gasteiger partial charge in [0.2, 0.25) is 0 Å². The van der Waals surface area contributed by atoms with Gasteiger partial charge in [0, 0.05) is 4.70 Å². The van der Waals surface area contributed by atoms with Crippen LogP contribution >= 0.6 is 11.3 Å². The van der Waals surface area contributed by atoms with E-state index in [9.17, 15) is 5.11 Å². The summed E-state index contributed by atoms with van der Waals surface area (Å²) in [6.45, 7) is 4.29. The van der Waals surface area contributed by atoms with Gasteiger partial charge >= 0.3 is 0 Å². The fourth-order valence-corrected chi connectivity index (χ4v) is 3.19. The van der Waals surface area contributed by atoms with Gasteiger partial charge in [0.15, 0.2) is 0 Å². The third-order valence-corrected chi connectivity index (χ3v) is 4.30. The lowest BCUT2D eigenvalue weighted by atomic mass is 9.91. The van der Waals surface area contributed by atoms with Crippen molar-refractivity contribution in [1.29, 1.82) is 0 Å². The van der Waals surface area contributed by atoms with E-state index in [4.69, 9.17) is 0 Å². The van der Waals surface area contributed by atoms with Crippen molar-refractivity contribution < 1.29 is 5.11 Å². The zero-order chi connectivity index (χ0) is 11.5. The molecule has 1 aromatic heterocycles. The first kappa shape index (κ1) is 11.6. The first-order valence-electron chi connectivity index (χ1n) is 5.92. The van der Waals surface area contributed by atoms with E-state index >= 15 is 0 Å². The van der Waals surface area contributed by atoms with Gasteiger partial charge in [0.05, 0.1) is 6.10 Å². The number of aliphatic hydroxyl groups excluding tert-OH is 1. The van der Waals surface area contributed by atoms with Gasteiger partial charge in [-0.1, -0.05) is 44.9 Å². The Morgan fingerprint density at radius 1 is 1.19 bits per heavy atom. The lowest BCUT2D eigenvalue weighted by Gasteiger charge is -2.20. The van der Waals surface area contributed by atoms with Gasteiger partial charge < -0.3 is 5.11 Å². The predicted octanol–water partition coefficient (Wildman–Crippen LogP) is 4.37. The smallest absolute Gasteiger partial charge is 0.0831 e. The Labute approximate surface area is 101 Å². The first-order chi connectivity index (χ1) is 7.77. The van der Waals surface area contributed by atoms with Gasteiger partial charge in [-0.15, -0.1) is 11.3 Å². The van der Waals surface area contributed by atoms with Crippen LogP contribution in [0.25, 0.3) is 10.1 Å². The van der Waals surface area contributed by atoms with E-state index in [-0.39, 0.29) is 6.10 Å². The van der Waals surface area contributed by atoms with Crippen molar-refractivity contribution in [1.82, 2.24) is 0 Å². The Hall–Kier alpha value is -0.860. The third-order valence-electron chi connectivity index (χ3n) is 3.32. The first-order valence-corrected chi connectivity index (χ1v) is 6.80. The molecule has 86 valence electrons. The molecule has 1 unspecified atom stereocenters. The molecule has 2 rings (SSSR count). The lowest BCUT2D eigenvalue weighted by molar-refractivity contribution is 0.105. The van der Waals surface area contributed by atoms with Gasteiger partial charge in [0.25, 0.3) is 0 Å². The molecule has 0 saturated carbocycles. The maximum Gasteiger partial charge on any atom is 0.0831 e. The molecule has 0 aliphatic carbocycles. The summed E-state index contributed by atoms with van der Waals surface area (Å²) in [4.78, 5) is 0. The Balaban J connectivity index is 2.42. The van der Waals surface area contributed by atoms with Crippen LogP contribution in [-0.4, -0.2) is 5.11 Å². The lowest BCUT2D eigenvalue weighted by Crippen LogP contribution is -2.10. The van der Waals surface area contributed by atoms with Crippen molar-refractivity contribution in [3.63, 3.8) is 0 Å². The highest BCUT2D eigenvalue weighted by molar-refractivity contribution is 7.17. The van der Waals surface area contributed by atoms with E-state index in [0.29, 0.717) is 5.92 Å². The van der Waals surface area contributed by atoms with E-state index in [1.165, 1.54) is 10.1 Å². The molecule has 0 aliphatic rings. The van der Waals surface area contributed by atoms with Crippen LogP contribution < -0.4 is 0 Å². The molecule has 1 atom stereocenters. The Bertz CT molecular complexity index is 456. The van der Waals surface area contributed by atoms with Crippen molar-refractivity contribution in [3.8, 4) is 0 Å². The normalized spacial score (nSPS) is 13.5. The van der Waals surface area contributed by atoms with Crippen LogP contribution in [0.3, 0.4) is 0 Å². The Kier molecular flexibility index (Phi) is 3.62. The second kappa shape index (κ2) is 4.98. The van der Waals surface area contributed by atoms with Crippen LogP contribution in [0, 0.1) is 5.92 Å². The largest absolute Gasteiger partial charge is 0.388 e. The average Bonchev–Trinajstić information content (AvgIpc) is 2.78. The van der Waals surface area contributed by atoms with Crippen LogP contribution in [0.4, 0.5) is 0 Å². The third kappa shape index (κ3) is 2.00. The summed E-state index contributed by atoms with van der Waals surface area (Å²) in [7, 11) is 0. The highest BCUT2D eigenvalue weighted by atomic mass is 32.1. The molecule has 0 amide bonds. The Morgan fingerprint density at radius 2 is 1.94 bits per heavy atom. The molecule has 1 aromatic carbocycles. The number of rotatable bonds is 4. The number of hydrogen-bond donors (Lipinski definition) is 1. The highest BCUT2D eigenvalue weighted by Gasteiger charge is 2.19. The van der Waals surface area contributed by atoms with E-state index in [0.717, 1.165) is 18.4 Å². The molecule has 0 saturated heterocycles. The van der Waals surface area contributed by atoms with Crippen molar-refractivity contribution in [2.75, 3.05) is 0 Å². The number of fused-ring (bicyclic) bond motifs is 1. The standard InChI is InChI=1S/C14H18OS/c1-3-10(4-2)13(15)12-7-5-6-11-8-9-16-14(11)12/h5-10,13,15H,3-4H2,1-2H3. The van der Waals surface area contributed by atoms with Crippen molar-refractivity contribution in [2.45, 2.75) is 32.8 Å². The molecule has 0 radical (unpaired) electrons. The SMILES string of the molecule is CCC(CC)C(O)c1cccc2ccsc12. The summed E-state index contributed by atoms with van der Waals surface area (Å²) in [6.07, 6.45) is 1.73. The molecule has 2 aromatic rings. The Morgan fingerprint density at radius 3 is 2.62 bits per heavy atom. The monoisotopic (exact) mass is 234 g/mol. The van der Waals surface area contributed by atoms with Crippen molar-refractivity contribution in [2.24, 2.45) is 5.92 Å². The molecule has 0 bridgehead atoms. The fraction of sp³-hybridized carbons (Fsp3) is 0.429. The van der Waals surface area contributed by atoms with Crippen LogP contribution in [0.5, 0.6) is 0 Å². The topological polar surface area (TPSA) is 20.2 Å². The zero-order valence-corrected chi connectivity index (χ0v) is 10.6. The summed E-state index contributed by atoms with van der Waals surface area (Å²) in [5, 5.41) is 13.7. The zero-order valence-electron chi connectivity index (χ0n) is 9.81. The van der Waals surface area contributed by atoms with E-state index < -0.39 is 0 Å². The molecule has 0 aliphatic heterocycles. The minimum absolute atomic E-state index is 0.322. The molecule has 16 heavy (non-hydrogen) atoms. The van der Waals surface area contributed by atoms with Gasteiger partial charge in [-0.2, -0.15) is 0 Å². The fourth-order valence-electron chi connectivity index (χ4n) is 2.24. The van der Waals surface area contributed by atoms with Gasteiger partial charge in [-0.05, 0) is 28.3 Å². The molecule has 0 spiro atoms. The molecule has 2 heteroatoms. The molecule has 1 nitrogen and oxygen atoms in total. The van der Waals surface area contributed by atoms with Crippen LogP contribution in [-0.2, 0) is 0 Å². The highest BCUT2D eigenvalue weighted by Crippen LogP contribution is 2.34. The van der Waals surface area contributed by atoms with Crippen LogP contribution in [0.15, 0.2) is 29.6 Å². The number of hydrogen-bond acceptors (Lipinski definition) is 2. The van der Waals surface area contributed by atoms with Gasteiger partial charge in [-0.25, -0.2) is 0 Å². The van der Waals surface area contributed by atoms with Crippen LogP contribution in [0.2, 0.25) is 0 Å². The maximum atomic E-state index is 10.4. The summed E-state index contributed by atoms with van der Waals surface area (Å²) in [6, 6.07) is 8.32.